The first-order valence-corrected chi connectivity index (χ1v) is 4.27. The SMILES string of the molecule is Cn1cc(C(=O)c2c[c]ccc2)cn1. The summed E-state index contributed by atoms with van der Waals surface area (Å²) in [6.07, 6.45) is 3.27. The number of ketones is 1. The molecule has 0 aliphatic rings. The molecular formula is C11H9N2O. The first kappa shape index (κ1) is 8.69. The maximum absolute atomic E-state index is 11.8. The number of nitrogens with zero attached hydrogens (tertiary/aromatic N) is 2. The predicted octanol–water partition coefficient (Wildman–Crippen LogP) is 1.45. The molecule has 1 heterocycles. The molecule has 2 aromatic rings. The van der Waals surface area contributed by atoms with Crippen LogP contribution in [0.15, 0.2) is 36.7 Å². The van der Waals surface area contributed by atoms with Gasteiger partial charge in [-0.15, -0.1) is 0 Å². The molecule has 0 atom stereocenters. The van der Waals surface area contributed by atoms with E-state index in [1.165, 1.54) is 0 Å². The molecule has 2 rings (SSSR count). The van der Waals surface area contributed by atoms with E-state index in [-0.39, 0.29) is 5.78 Å². The smallest absolute Gasteiger partial charge is 0.196 e. The molecule has 0 fully saturated rings. The van der Waals surface area contributed by atoms with Crippen molar-refractivity contribution in [2.24, 2.45) is 7.05 Å². The van der Waals surface area contributed by atoms with E-state index in [1.54, 1.807) is 48.4 Å². The number of hydrogen-bond donors (Lipinski definition) is 0. The van der Waals surface area contributed by atoms with Gasteiger partial charge in [0.15, 0.2) is 5.78 Å². The monoisotopic (exact) mass is 185 g/mol. The second-order valence-electron chi connectivity index (χ2n) is 3.02. The van der Waals surface area contributed by atoms with Crippen molar-refractivity contribution >= 4 is 5.78 Å². The third kappa shape index (κ3) is 1.57. The van der Waals surface area contributed by atoms with Crippen LogP contribution in [0, 0.1) is 6.07 Å². The van der Waals surface area contributed by atoms with E-state index in [0.29, 0.717) is 11.1 Å². The Morgan fingerprint density at radius 2 is 2.36 bits per heavy atom. The highest BCUT2D eigenvalue weighted by molar-refractivity contribution is 6.08. The first-order chi connectivity index (χ1) is 6.77. The molecule has 0 saturated carbocycles. The van der Waals surface area contributed by atoms with Crippen molar-refractivity contribution in [1.29, 1.82) is 0 Å². The lowest BCUT2D eigenvalue weighted by Gasteiger charge is -1.95. The highest BCUT2D eigenvalue weighted by atomic mass is 16.1. The van der Waals surface area contributed by atoms with E-state index >= 15 is 0 Å². The maximum atomic E-state index is 11.8. The van der Waals surface area contributed by atoms with E-state index in [0.717, 1.165) is 0 Å². The van der Waals surface area contributed by atoms with Crippen molar-refractivity contribution in [2.45, 2.75) is 0 Å². The van der Waals surface area contributed by atoms with Gasteiger partial charge in [0.1, 0.15) is 0 Å². The Morgan fingerprint density at radius 3 is 2.93 bits per heavy atom. The summed E-state index contributed by atoms with van der Waals surface area (Å²) in [6.45, 7) is 0. The van der Waals surface area contributed by atoms with E-state index in [9.17, 15) is 4.79 Å². The normalized spacial score (nSPS) is 10.1. The summed E-state index contributed by atoms with van der Waals surface area (Å²) in [4.78, 5) is 11.8. The number of aromatic nitrogens is 2. The summed E-state index contributed by atoms with van der Waals surface area (Å²) < 4.78 is 1.61. The van der Waals surface area contributed by atoms with Gasteiger partial charge in [0.2, 0.25) is 0 Å². The molecule has 0 unspecified atom stereocenters. The van der Waals surface area contributed by atoms with E-state index in [2.05, 4.69) is 11.2 Å². The molecule has 0 saturated heterocycles. The van der Waals surface area contributed by atoms with Crippen molar-refractivity contribution < 1.29 is 4.79 Å². The largest absolute Gasteiger partial charge is 0.288 e. The van der Waals surface area contributed by atoms with Crippen LogP contribution in [-0.2, 0) is 7.05 Å². The zero-order valence-electron chi connectivity index (χ0n) is 7.77. The summed E-state index contributed by atoms with van der Waals surface area (Å²) in [5, 5.41) is 3.95. The van der Waals surface area contributed by atoms with Crippen LogP contribution >= 0.6 is 0 Å². The third-order valence-corrected chi connectivity index (χ3v) is 1.94. The Morgan fingerprint density at radius 1 is 1.50 bits per heavy atom. The van der Waals surface area contributed by atoms with Crippen LogP contribution in [0.25, 0.3) is 0 Å². The molecule has 0 amide bonds. The lowest BCUT2D eigenvalue weighted by molar-refractivity contribution is 0.103. The molecule has 1 aromatic heterocycles. The summed E-state index contributed by atoms with van der Waals surface area (Å²) >= 11 is 0. The molecule has 0 aliphatic carbocycles. The van der Waals surface area contributed by atoms with E-state index < -0.39 is 0 Å². The van der Waals surface area contributed by atoms with Gasteiger partial charge in [-0.25, -0.2) is 0 Å². The Hall–Kier alpha value is -1.90. The Bertz CT molecular complexity index is 445. The number of carbonyl (C=O) groups excluding carboxylic acids is 1. The molecule has 0 bridgehead atoms. The molecule has 0 N–H and O–H groups in total. The van der Waals surface area contributed by atoms with E-state index in [1.807, 2.05) is 0 Å². The van der Waals surface area contributed by atoms with Crippen LogP contribution in [0.5, 0.6) is 0 Å². The minimum Gasteiger partial charge on any atom is -0.288 e. The van der Waals surface area contributed by atoms with Gasteiger partial charge < -0.3 is 0 Å². The molecule has 1 radical (unpaired) electrons. The van der Waals surface area contributed by atoms with Gasteiger partial charge in [-0.1, -0.05) is 18.2 Å². The van der Waals surface area contributed by atoms with Crippen molar-refractivity contribution in [3.05, 3.63) is 53.9 Å². The third-order valence-electron chi connectivity index (χ3n) is 1.94. The van der Waals surface area contributed by atoms with Crippen LogP contribution in [0.3, 0.4) is 0 Å². The summed E-state index contributed by atoms with van der Waals surface area (Å²) in [7, 11) is 1.79. The second kappa shape index (κ2) is 3.46. The predicted molar refractivity (Wildman–Crippen MR) is 51.9 cm³/mol. The van der Waals surface area contributed by atoms with Crippen molar-refractivity contribution in [3.63, 3.8) is 0 Å². The topological polar surface area (TPSA) is 34.9 Å². The average molecular weight is 185 g/mol. The lowest BCUT2D eigenvalue weighted by Crippen LogP contribution is -1.99. The van der Waals surface area contributed by atoms with Crippen molar-refractivity contribution in [1.82, 2.24) is 9.78 Å². The minimum atomic E-state index is -0.0186. The Balaban J connectivity index is 2.34. The molecule has 14 heavy (non-hydrogen) atoms. The van der Waals surface area contributed by atoms with Crippen LogP contribution < -0.4 is 0 Å². The molecule has 69 valence electrons. The summed E-state index contributed by atoms with van der Waals surface area (Å²) in [5.74, 6) is -0.0186. The fourth-order valence-electron chi connectivity index (χ4n) is 1.24. The molecule has 0 spiro atoms. The fraction of sp³-hybridized carbons (Fsp3) is 0.0909. The van der Waals surface area contributed by atoms with E-state index in [4.69, 9.17) is 0 Å². The Kier molecular flexibility index (Phi) is 2.14. The number of hydrogen-bond acceptors (Lipinski definition) is 2. The van der Waals surface area contributed by atoms with Gasteiger partial charge in [-0.05, 0) is 12.1 Å². The average Bonchev–Trinajstić information content (AvgIpc) is 2.65. The number of benzene rings is 1. The zero-order valence-corrected chi connectivity index (χ0v) is 7.77. The van der Waals surface area contributed by atoms with Crippen LogP contribution in [0.4, 0.5) is 0 Å². The second-order valence-corrected chi connectivity index (χ2v) is 3.02. The van der Waals surface area contributed by atoms with Crippen LogP contribution in [0.1, 0.15) is 15.9 Å². The van der Waals surface area contributed by atoms with Crippen molar-refractivity contribution in [3.8, 4) is 0 Å². The summed E-state index contributed by atoms with van der Waals surface area (Å²) in [6, 6.07) is 9.88. The Labute approximate surface area is 82.0 Å². The number of aryl methyl sites for hydroxylation is 1. The number of carbonyl (C=O) groups is 1. The molecule has 3 heteroatoms. The highest BCUT2D eigenvalue weighted by Crippen LogP contribution is 2.07. The molecule has 0 aliphatic heterocycles. The number of rotatable bonds is 2. The van der Waals surface area contributed by atoms with Gasteiger partial charge >= 0.3 is 0 Å². The lowest BCUT2D eigenvalue weighted by atomic mass is 10.1. The maximum Gasteiger partial charge on any atom is 0.196 e. The summed E-state index contributed by atoms with van der Waals surface area (Å²) in [5.41, 5.74) is 1.24. The van der Waals surface area contributed by atoms with Crippen molar-refractivity contribution in [2.75, 3.05) is 0 Å². The first-order valence-electron chi connectivity index (χ1n) is 4.27. The molecule has 3 nitrogen and oxygen atoms in total. The van der Waals surface area contributed by atoms with Gasteiger partial charge in [-0.2, -0.15) is 5.10 Å². The van der Waals surface area contributed by atoms with Crippen LogP contribution in [0.2, 0.25) is 0 Å². The van der Waals surface area contributed by atoms with Gasteiger partial charge in [0.25, 0.3) is 0 Å². The van der Waals surface area contributed by atoms with Gasteiger partial charge in [-0.3, -0.25) is 9.48 Å². The van der Waals surface area contributed by atoms with Crippen LogP contribution in [-0.4, -0.2) is 15.6 Å². The molecular weight excluding hydrogens is 176 g/mol. The van der Waals surface area contributed by atoms with Gasteiger partial charge in [0.05, 0.1) is 11.8 Å². The quantitative estimate of drug-likeness (QED) is 0.664. The fourth-order valence-corrected chi connectivity index (χ4v) is 1.24. The highest BCUT2D eigenvalue weighted by Gasteiger charge is 2.09. The minimum absolute atomic E-state index is 0.0186. The zero-order chi connectivity index (χ0) is 9.97. The molecule has 1 aromatic carbocycles. The van der Waals surface area contributed by atoms with Gasteiger partial charge in [0, 0.05) is 18.8 Å². The standard InChI is InChI=1S/C11H9N2O/c1-13-8-10(7-12-13)11(14)9-5-3-2-4-6-9/h2-3,5-8H,1H3.